The fourth-order valence-electron chi connectivity index (χ4n) is 3.64. The molecule has 0 saturated heterocycles. The number of hydrogen-bond donors (Lipinski definition) is 1. The fraction of sp³-hybridized carbons (Fsp3) is 0.733. The van der Waals surface area contributed by atoms with Crippen LogP contribution in [0.1, 0.15) is 46.5 Å². The van der Waals surface area contributed by atoms with Crippen molar-refractivity contribution >= 4 is 27.5 Å². The molecule has 0 aromatic carbocycles. The van der Waals surface area contributed by atoms with Gasteiger partial charge in [-0.15, -0.1) is 0 Å². The van der Waals surface area contributed by atoms with Gasteiger partial charge in [0.1, 0.15) is 0 Å². The zero-order valence-electron chi connectivity index (χ0n) is 11.4. The van der Waals surface area contributed by atoms with E-state index in [1.165, 1.54) is 11.1 Å². The van der Waals surface area contributed by atoms with Gasteiger partial charge in [0.05, 0.1) is 6.10 Å². The van der Waals surface area contributed by atoms with Crippen LogP contribution in [0.15, 0.2) is 22.8 Å². The second-order valence-electron chi connectivity index (χ2n) is 6.44. The third-order valence-electron chi connectivity index (χ3n) is 5.24. The molecule has 18 heavy (non-hydrogen) atoms. The van der Waals surface area contributed by atoms with Gasteiger partial charge in [-0.05, 0) is 38.0 Å². The Bertz CT molecular complexity index is 413. The van der Waals surface area contributed by atoms with E-state index in [9.17, 15) is 5.11 Å². The minimum absolute atomic E-state index is 0.0248. The molecule has 0 aromatic rings. The average Bonchev–Trinajstić information content (AvgIpc) is 2.29. The Morgan fingerprint density at radius 2 is 2.06 bits per heavy atom. The van der Waals surface area contributed by atoms with Gasteiger partial charge in [-0.25, -0.2) is 0 Å². The van der Waals surface area contributed by atoms with E-state index < -0.39 is 0 Å². The van der Waals surface area contributed by atoms with Crippen molar-refractivity contribution < 1.29 is 5.11 Å². The number of aliphatic hydroxyl groups is 1. The number of rotatable bonds is 0. The standard InChI is InChI=1S/C15H22BrClO/c1-9-5-6-15(8-11(9)17)10(2)7-12(18)13(16)14(15,3)4/h12-13,18H,2,5-8H2,1,3-4H3/t12-,13-,15-/m0/s1. The molecule has 1 spiro atoms. The Morgan fingerprint density at radius 1 is 1.44 bits per heavy atom. The second-order valence-corrected chi connectivity index (χ2v) is 7.89. The van der Waals surface area contributed by atoms with Crippen molar-refractivity contribution in [1.29, 1.82) is 0 Å². The minimum atomic E-state index is -0.344. The molecule has 2 aliphatic rings. The molecule has 0 bridgehead atoms. The zero-order valence-corrected chi connectivity index (χ0v) is 13.7. The van der Waals surface area contributed by atoms with Crippen molar-refractivity contribution in [3.8, 4) is 0 Å². The lowest BCUT2D eigenvalue weighted by atomic mass is 9.50. The summed E-state index contributed by atoms with van der Waals surface area (Å²) in [5, 5.41) is 11.2. The number of halogens is 2. The minimum Gasteiger partial charge on any atom is -0.392 e. The average molecular weight is 334 g/mol. The first-order chi connectivity index (χ1) is 8.22. The van der Waals surface area contributed by atoms with Crippen LogP contribution >= 0.6 is 27.5 Å². The Labute approximate surface area is 123 Å². The highest BCUT2D eigenvalue weighted by Gasteiger charge is 2.56. The summed E-state index contributed by atoms with van der Waals surface area (Å²) in [6, 6.07) is 0. The monoisotopic (exact) mass is 332 g/mol. The Hall–Kier alpha value is 0.210. The van der Waals surface area contributed by atoms with E-state index >= 15 is 0 Å². The first-order valence-electron chi connectivity index (χ1n) is 6.57. The van der Waals surface area contributed by atoms with Crippen LogP contribution in [-0.4, -0.2) is 16.0 Å². The third-order valence-corrected chi connectivity index (χ3v) is 7.45. The van der Waals surface area contributed by atoms with Gasteiger partial charge in [0.15, 0.2) is 0 Å². The summed E-state index contributed by atoms with van der Waals surface area (Å²) < 4.78 is 0. The predicted octanol–water partition coefficient (Wildman–Crippen LogP) is 4.78. The smallest absolute Gasteiger partial charge is 0.0707 e. The largest absolute Gasteiger partial charge is 0.392 e. The first kappa shape index (κ1) is 14.6. The maximum Gasteiger partial charge on any atom is 0.0707 e. The number of allylic oxidation sites excluding steroid dienone is 2. The summed E-state index contributed by atoms with van der Waals surface area (Å²) >= 11 is 10.1. The van der Waals surface area contributed by atoms with Crippen LogP contribution in [0, 0.1) is 10.8 Å². The summed E-state index contributed by atoms with van der Waals surface area (Å²) in [6.07, 6.45) is 3.35. The highest BCUT2D eigenvalue weighted by atomic mass is 79.9. The molecule has 2 rings (SSSR count). The quantitative estimate of drug-likeness (QED) is 0.499. The number of alkyl halides is 1. The van der Waals surface area contributed by atoms with Gasteiger partial charge in [0, 0.05) is 15.3 Å². The molecule has 0 aromatic heterocycles. The van der Waals surface area contributed by atoms with Crippen molar-refractivity contribution in [2.24, 2.45) is 10.8 Å². The molecule has 3 heteroatoms. The summed E-state index contributed by atoms with van der Waals surface area (Å²) in [6.45, 7) is 10.8. The molecule has 0 unspecified atom stereocenters. The first-order valence-corrected chi connectivity index (χ1v) is 7.86. The molecular formula is C15H22BrClO. The van der Waals surface area contributed by atoms with Crippen LogP contribution in [0.3, 0.4) is 0 Å². The van der Waals surface area contributed by atoms with Gasteiger partial charge in [-0.2, -0.15) is 0 Å². The van der Waals surface area contributed by atoms with Crippen molar-refractivity contribution in [3.63, 3.8) is 0 Å². The van der Waals surface area contributed by atoms with Gasteiger partial charge >= 0.3 is 0 Å². The molecule has 1 fully saturated rings. The predicted molar refractivity (Wildman–Crippen MR) is 81.1 cm³/mol. The van der Waals surface area contributed by atoms with E-state index in [-0.39, 0.29) is 21.8 Å². The molecule has 1 nitrogen and oxygen atoms in total. The van der Waals surface area contributed by atoms with E-state index in [2.05, 4.69) is 43.3 Å². The van der Waals surface area contributed by atoms with Crippen molar-refractivity contribution in [3.05, 3.63) is 22.8 Å². The molecule has 102 valence electrons. The van der Waals surface area contributed by atoms with Crippen LogP contribution in [0.25, 0.3) is 0 Å². The summed E-state index contributed by atoms with van der Waals surface area (Å²) in [5.41, 5.74) is 2.46. The summed E-state index contributed by atoms with van der Waals surface area (Å²) in [5.74, 6) is 0. The van der Waals surface area contributed by atoms with Crippen LogP contribution in [-0.2, 0) is 0 Å². The molecule has 2 aliphatic carbocycles. The molecule has 3 atom stereocenters. The fourth-order valence-corrected chi connectivity index (χ4v) is 4.59. The SMILES string of the molecule is C=C1C[C@H](O)[C@H](Br)C(C)(C)[C@]12CCC(C)=C(Cl)C2. The van der Waals surface area contributed by atoms with Gasteiger partial charge in [0.25, 0.3) is 0 Å². The Balaban J connectivity index is 2.45. The highest BCUT2D eigenvalue weighted by Crippen LogP contribution is 2.62. The highest BCUT2D eigenvalue weighted by molar-refractivity contribution is 9.09. The maximum absolute atomic E-state index is 10.2. The Kier molecular flexibility index (Phi) is 3.77. The van der Waals surface area contributed by atoms with E-state index in [1.54, 1.807) is 0 Å². The van der Waals surface area contributed by atoms with Crippen LogP contribution in [0.4, 0.5) is 0 Å². The molecule has 1 saturated carbocycles. The van der Waals surface area contributed by atoms with Gasteiger partial charge in [-0.1, -0.05) is 59.1 Å². The molecule has 0 aliphatic heterocycles. The summed E-state index contributed by atoms with van der Waals surface area (Å²) in [7, 11) is 0. The van der Waals surface area contributed by atoms with E-state index in [0.717, 1.165) is 24.3 Å². The van der Waals surface area contributed by atoms with Gasteiger partial charge in [-0.3, -0.25) is 0 Å². The lowest BCUT2D eigenvalue weighted by molar-refractivity contribution is 0.000421. The molecule has 0 heterocycles. The van der Waals surface area contributed by atoms with Gasteiger partial charge < -0.3 is 5.11 Å². The van der Waals surface area contributed by atoms with Crippen LogP contribution < -0.4 is 0 Å². The van der Waals surface area contributed by atoms with Gasteiger partial charge in [0.2, 0.25) is 0 Å². The third kappa shape index (κ3) is 1.92. The zero-order chi connectivity index (χ0) is 13.7. The molecule has 0 amide bonds. The number of hydrogen-bond acceptors (Lipinski definition) is 1. The Morgan fingerprint density at radius 3 is 2.61 bits per heavy atom. The van der Waals surface area contributed by atoms with E-state index in [1.807, 2.05) is 0 Å². The van der Waals surface area contributed by atoms with E-state index in [4.69, 9.17) is 11.6 Å². The number of aliphatic hydroxyl groups excluding tert-OH is 1. The molecule has 0 radical (unpaired) electrons. The topological polar surface area (TPSA) is 20.2 Å². The summed E-state index contributed by atoms with van der Waals surface area (Å²) in [4.78, 5) is 0.0957. The molecule has 1 N–H and O–H groups in total. The van der Waals surface area contributed by atoms with Crippen LogP contribution in [0.2, 0.25) is 0 Å². The maximum atomic E-state index is 10.2. The second kappa shape index (κ2) is 4.64. The normalized spacial score (nSPS) is 40.4. The van der Waals surface area contributed by atoms with E-state index in [0.29, 0.717) is 6.42 Å². The lowest BCUT2D eigenvalue weighted by Crippen LogP contribution is -2.54. The lowest BCUT2D eigenvalue weighted by Gasteiger charge is -2.57. The van der Waals surface area contributed by atoms with Crippen molar-refractivity contribution in [2.45, 2.75) is 57.4 Å². The van der Waals surface area contributed by atoms with Crippen molar-refractivity contribution in [1.82, 2.24) is 0 Å². The van der Waals surface area contributed by atoms with Crippen molar-refractivity contribution in [2.75, 3.05) is 0 Å². The molecular weight excluding hydrogens is 312 g/mol. The van der Waals surface area contributed by atoms with Crippen LogP contribution in [0.5, 0.6) is 0 Å².